The lowest BCUT2D eigenvalue weighted by atomic mass is 9.87. The first-order chi connectivity index (χ1) is 15.7. The summed E-state index contributed by atoms with van der Waals surface area (Å²) >= 11 is 0. The number of ether oxygens (including phenoxy) is 1. The Balaban J connectivity index is 1.83. The summed E-state index contributed by atoms with van der Waals surface area (Å²) in [6.07, 6.45) is 19.0. The van der Waals surface area contributed by atoms with Crippen LogP contribution in [0.15, 0.2) is 59.9 Å². The molecule has 0 bridgehead atoms. The molecule has 1 N–H and O–H groups in total. The molecule has 0 spiro atoms. The molecule has 9 nitrogen and oxygen atoms in total. The normalized spacial score (nSPS) is 14.6. The molecule has 9 heteroatoms. The molecule has 1 atom stereocenters. The molecule has 0 saturated heterocycles. The Morgan fingerprint density at radius 2 is 2.22 bits per heavy atom. The number of nitrogens with one attached hydrogen (secondary N) is 1. The number of aldehydes is 1. The molecule has 0 fully saturated rings. The van der Waals surface area contributed by atoms with Gasteiger partial charge in [0.05, 0.1) is 31.3 Å². The predicted molar refractivity (Wildman–Crippen MR) is 122 cm³/mol. The summed E-state index contributed by atoms with van der Waals surface area (Å²) in [5.74, 6) is 1.23. The van der Waals surface area contributed by atoms with E-state index in [1.165, 1.54) is 6.08 Å². The molecule has 2 aromatic rings. The first kappa shape index (κ1) is 22.6. The second kappa shape index (κ2) is 12.0. The standard InChI is InChI=1S/C23H25N7O2/c1-2-32-22-16-25-23(26-17-22)19-7-3-6-18(12-19)20(8-4-9-24)13-29-30(10-5-11-31)21-14-27-28-15-21/h5,7,10-17,20H,2-4,6,8H2,1H3,(H,27,28)/b10-5-,29-13+. The third kappa shape index (κ3) is 6.22. The zero-order chi connectivity index (χ0) is 22.6. The highest BCUT2D eigenvalue weighted by Crippen LogP contribution is 2.30. The number of hydrogen-bond donors (Lipinski definition) is 1. The molecule has 0 aromatic carbocycles. The van der Waals surface area contributed by atoms with Crippen LogP contribution in [0.3, 0.4) is 0 Å². The van der Waals surface area contributed by atoms with Crippen LogP contribution in [0.2, 0.25) is 0 Å². The van der Waals surface area contributed by atoms with E-state index in [1.54, 1.807) is 36.0 Å². The van der Waals surface area contributed by atoms with Gasteiger partial charge in [-0.2, -0.15) is 15.5 Å². The lowest BCUT2D eigenvalue weighted by Gasteiger charge is -2.20. The number of anilines is 1. The molecule has 1 unspecified atom stereocenters. The zero-order valence-corrected chi connectivity index (χ0v) is 17.9. The van der Waals surface area contributed by atoms with Gasteiger partial charge in [-0.05, 0) is 32.3 Å². The van der Waals surface area contributed by atoms with Crippen molar-refractivity contribution in [3.8, 4) is 11.8 Å². The smallest absolute Gasteiger partial charge is 0.159 e. The number of hydrogen-bond acceptors (Lipinski definition) is 8. The largest absolute Gasteiger partial charge is 0.491 e. The summed E-state index contributed by atoms with van der Waals surface area (Å²) in [7, 11) is 0. The molecule has 0 amide bonds. The van der Waals surface area contributed by atoms with E-state index >= 15 is 0 Å². The Morgan fingerprint density at radius 1 is 1.38 bits per heavy atom. The first-order valence-corrected chi connectivity index (χ1v) is 10.4. The topological polar surface area (TPSA) is 120 Å². The van der Waals surface area contributed by atoms with Crippen LogP contribution in [0.25, 0.3) is 5.57 Å². The highest BCUT2D eigenvalue weighted by molar-refractivity contribution is 5.75. The van der Waals surface area contributed by atoms with Gasteiger partial charge in [-0.3, -0.25) is 9.89 Å². The third-order valence-electron chi connectivity index (χ3n) is 4.80. The van der Waals surface area contributed by atoms with Crippen molar-refractivity contribution in [2.24, 2.45) is 11.0 Å². The van der Waals surface area contributed by atoms with Gasteiger partial charge in [0.1, 0.15) is 12.0 Å². The van der Waals surface area contributed by atoms with Gasteiger partial charge < -0.3 is 4.74 Å². The van der Waals surface area contributed by atoms with Crippen molar-refractivity contribution in [1.29, 1.82) is 5.26 Å². The van der Waals surface area contributed by atoms with Crippen molar-refractivity contribution < 1.29 is 9.53 Å². The number of hydrazone groups is 1. The molecule has 0 radical (unpaired) electrons. The third-order valence-corrected chi connectivity index (χ3v) is 4.80. The van der Waals surface area contributed by atoms with Crippen LogP contribution in [0.1, 0.15) is 38.4 Å². The first-order valence-electron chi connectivity index (χ1n) is 10.4. The Hall–Kier alpha value is -4.06. The van der Waals surface area contributed by atoms with Gasteiger partial charge in [-0.1, -0.05) is 17.7 Å². The second-order valence-electron chi connectivity index (χ2n) is 6.94. The average molecular weight is 432 g/mol. The van der Waals surface area contributed by atoms with E-state index in [9.17, 15) is 4.79 Å². The summed E-state index contributed by atoms with van der Waals surface area (Å²) in [4.78, 5) is 19.6. The highest BCUT2D eigenvalue weighted by atomic mass is 16.5. The number of carbonyl (C=O) groups excluding carboxylic acids is 1. The van der Waals surface area contributed by atoms with Crippen molar-refractivity contribution in [2.45, 2.75) is 32.6 Å². The number of aromatic nitrogens is 4. The Bertz CT molecular complexity index is 1030. The van der Waals surface area contributed by atoms with Crippen molar-refractivity contribution in [3.05, 3.63) is 60.6 Å². The Labute approximate surface area is 186 Å². The molecule has 1 aliphatic carbocycles. The summed E-state index contributed by atoms with van der Waals surface area (Å²) in [5, 5.41) is 21.9. The summed E-state index contributed by atoms with van der Waals surface area (Å²) in [6, 6.07) is 2.22. The summed E-state index contributed by atoms with van der Waals surface area (Å²) in [5.41, 5.74) is 2.79. The van der Waals surface area contributed by atoms with Crippen molar-refractivity contribution in [2.75, 3.05) is 11.6 Å². The fraction of sp³-hybridized carbons (Fsp3) is 0.304. The maximum absolute atomic E-state index is 10.8. The molecule has 2 aromatic heterocycles. The van der Waals surface area contributed by atoms with Gasteiger partial charge in [0.25, 0.3) is 0 Å². The van der Waals surface area contributed by atoms with E-state index in [0.717, 1.165) is 24.0 Å². The van der Waals surface area contributed by atoms with Gasteiger partial charge in [0.15, 0.2) is 11.6 Å². The average Bonchev–Trinajstić information content (AvgIpc) is 3.36. The fourth-order valence-electron chi connectivity index (χ4n) is 3.29. The molecular formula is C23H25N7O2. The monoisotopic (exact) mass is 431 g/mol. The fourth-order valence-corrected chi connectivity index (χ4v) is 3.29. The molecule has 0 aliphatic heterocycles. The number of nitriles is 1. The predicted octanol–water partition coefficient (Wildman–Crippen LogP) is 3.83. The van der Waals surface area contributed by atoms with E-state index < -0.39 is 0 Å². The highest BCUT2D eigenvalue weighted by Gasteiger charge is 2.17. The number of nitrogens with zero attached hydrogens (tertiary/aromatic N) is 6. The van der Waals surface area contributed by atoms with E-state index in [2.05, 4.69) is 43.5 Å². The minimum absolute atomic E-state index is 0.0416. The molecule has 2 heterocycles. The molecule has 32 heavy (non-hydrogen) atoms. The van der Waals surface area contributed by atoms with Gasteiger partial charge >= 0.3 is 0 Å². The van der Waals surface area contributed by atoms with Crippen LogP contribution in [-0.2, 0) is 4.79 Å². The Morgan fingerprint density at radius 3 is 2.91 bits per heavy atom. The van der Waals surface area contributed by atoms with Gasteiger partial charge in [-0.15, -0.1) is 0 Å². The number of allylic oxidation sites excluding steroid dienone is 5. The van der Waals surface area contributed by atoms with E-state index in [0.29, 0.717) is 43.0 Å². The van der Waals surface area contributed by atoms with Crippen LogP contribution < -0.4 is 9.75 Å². The van der Waals surface area contributed by atoms with Gasteiger partial charge in [-0.25, -0.2) is 15.0 Å². The van der Waals surface area contributed by atoms with Crippen LogP contribution in [-0.4, -0.2) is 39.3 Å². The number of carbonyl (C=O) groups is 1. The molecule has 3 rings (SSSR count). The van der Waals surface area contributed by atoms with E-state index in [1.807, 2.05) is 13.1 Å². The van der Waals surface area contributed by atoms with Crippen LogP contribution in [0, 0.1) is 17.2 Å². The number of rotatable bonds is 11. The van der Waals surface area contributed by atoms with E-state index in [4.69, 9.17) is 10.00 Å². The van der Waals surface area contributed by atoms with Gasteiger partial charge in [0.2, 0.25) is 0 Å². The quantitative estimate of drug-likeness (QED) is 0.248. The minimum atomic E-state index is -0.0416. The van der Waals surface area contributed by atoms with Crippen LogP contribution >= 0.6 is 0 Å². The summed E-state index contributed by atoms with van der Waals surface area (Å²) in [6.45, 7) is 2.48. The molecule has 164 valence electrons. The second-order valence-corrected chi connectivity index (χ2v) is 6.94. The van der Waals surface area contributed by atoms with Crippen molar-refractivity contribution in [1.82, 2.24) is 20.2 Å². The van der Waals surface area contributed by atoms with Gasteiger partial charge in [0, 0.05) is 36.5 Å². The molecular weight excluding hydrogens is 406 g/mol. The maximum atomic E-state index is 10.8. The van der Waals surface area contributed by atoms with Crippen LogP contribution in [0.5, 0.6) is 5.75 Å². The van der Waals surface area contributed by atoms with Crippen molar-refractivity contribution >= 4 is 23.8 Å². The molecule has 0 saturated carbocycles. The SMILES string of the molecule is CCOc1cnc(C2=CCCC(C(/C=N/N(/C=C\C=O)c3cn[nH]c3)CCC#N)=C2)nc1. The minimum Gasteiger partial charge on any atom is -0.491 e. The number of aromatic amines is 1. The maximum Gasteiger partial charge on any atom is 0.159 e. The van der Waals surface area contributed by atoms with E-state index in [-0.39, 0.29) is 5.92 Å². The molecule has 1 aliphatic rings. The lowest BCUT2D eigenvalue weighted by Crippen LogP contribution is -2.13. The van der Waals surface area contributed by atoms with Crippen LogP contribution in [0.4, 0.5) is 5.69 Å². The lowest BCUT2D eigenvalue weighted by molar-refractivity contribution is -0.104. The zero-order valence-electron chi connectivity index (χ0n) is 17.9. The summed E-state index contributed by atoms with van der Waals surface area (Å²) < 4.78 is 5.42. The number of H-pyrrole nitrogens is 1. The van der Waals surface area contributed by atoms with Crippen molar-refractivity contribution in [3.63, 3.8) is 0 Å². The Kier molecular flexibility index (Phi) is 8.45.